The number of anilines is 1. The number of aliphatic hydroxyl groups excluding tert-OH is 1. The number of methoxy groups -OCH3 is 2. The van der Waals surface area contributed by atoms with Crippen LogP contribution < -0.4 is 9.64 Å². The number of hydrogen-bond acceptors (Lipinski definition) is 7. The van der Waals surface area contributed by atoms with Crippen molar-refractivity contribution in [2.24, 2.45) is 0 Å². The molecule has 29 heavy (non-hydrogen) atoms. The summed E-state index contributed by atoms with van der Waals surface area (Å²) in [5, 5.41) is 20.4. The molecular formula is C21H27ClN2O5. The lowest BCUT2D eigenvalue weighted by Gasteiger charge is -2.37. The van der Waals surface area contributed by atoms with Crippen molar-refractivity contribution in [2.75, 3.05) is 51.8 Å². The quantitative estimate of drug-likeness (QED) is 0.692. The fraction of sp³-hybridized carbons (Fsp3) is 0.381. The van der Waals surface area contributed by atoms with E-state index < -0.39 is 12.1 Å². The molecule has 0 amide bonds. The summed E-state index contributed by atoms with van der Waals surface area (Å²) in [5.74, 6) is 0.0700. The second-order valence-corrected chi connectivity index (χ2v) is 6.74. The van der Waals surface area contributed by atoms with Crippen LogP contribution in [0.2, 0.25) is 0 Å². The maximum atomic E-state index is 11.7. The molecule has 2 aromatic rings. The van der Waals surface area contributed by atoms with Crippen LogP contribution in [0.4, 0.5) is 5.69 Å². The molecule has 0 aromatic heterocycles. The summed E-state index contributed by atoms with van der Waals surface area (Å²) < 4.78 is 10.1. The average molecular weight is 423 g/mol. The van der Waals surface area contributed by atoms with E-state index in [-0.39, 0.29) is 23.7 Å². The van der Waals surface area contributed by atoms with Crippen molar-refractivity contribution >= 4 is 24.1 Å². The van der Waals surface area contributed by atoms with Crippen LogP contribution in [-0.4, -0.2) is 68.0 Å². The van der Waals surface area contributed by atoms with Crippen LogP contribution in [-0.2, 0) is 4.74 Å². The summed E-state index contributed by atoms with van der Waals surface area (Å²) in [6, 6.07) is 12.5. The summed E-state index contributed by atoms with van der Waals surface area (Å²) in [6.07, 6.45) is -0.762. The first-order chi connectivity index (χ1) is 13.5. The molecule has 1 unspecified atom stereocenters. The highest BCUT2D eigenvalue weighted by Crippen LogP contribution is 2.29. The number of phenols is 1. The Morgan fingerprint density at radius 1 is 1.10 bits per heavy atom. The highest BCUT2D eigenvalue weighted by molar-refractivity contribution is 5.92. The largest absolute Gasteiger partial charge is 0.507 e. The number of phenolic OH excluding ortho intramolecular Hbond substituents is 1. The molecule has 0 spiro atoms. The third-order valence-electron chi connectivity index (χ3n) is 5.04. The molecule has 1 fully saturated rings. The molecular weight excluding hydrogens is 396 g/mol. The summed E-state index contributed by atoms with van der Waals surface area (Å²) in [4.78, 5) is 16.2. The van der Waals surface area contributed by atoms with E-state index in [1.807, 2.05) is 24.3 Å². The molecule has 2 aromatic carbocycles. The predicted octanol–water partition coefficient (Wildman–Crippen LogP) is 2.46. The Kier molecular flexibility index (Phi) is 8.13. The highest BCUT2D eigenvalue weighted by Gasteiger charge is 2.23. The fourth-order valence-electron chi connectivity index (χ4n) is 3.45. The van der Waals surface area contributed by atoms with Crippen LogP contribution in [0.5, 0.6) is 11.5 Å². The van der Waals surface area contributed by atoms with E-state index in [9.17, 15) is 15.0 Å². The van der Waals surface area contributed by atoms with Crippen molar-refractivity contribution in [2.45, 2.75) is 6.10 Å². The van der Waals surface area contributed by atoms with Gasteiger partial charge >= 0.3 is 5.97 Å². The molecule has 1 atom stereocenters. The van der Waals surface area contributed by atoms with Crippen LogP contribution in [0, 0.1) is 0 Å². The zero-order valence-electron chi connectivity index (χ0n) is 16.6. The third kappa shape index (κ3) is 5.32. The fourth-order valence-corrected chi connectivity index (χ4v) is 3.45. The van der Waals surface area contributed by atoms with Gasteiger partial charge in [0.05, 0.1) is 26.0 Å². The molecule has 1 saturated heterocycles. The Balaban J connectivity index is 0.00000300. The van der Waals surface area contributed by atoms with Gasteiger partial charge in [-0.2, -0.15) is 0 Å². The number of aromatic hydroxyl groups is 1. The normalized spacial score (nSPS) is 15.3. The van der Waals surface area contributed by atoms with Gasteiger partial charge in [0.2, 0.25) is 0 Å². The monoisotopic (exact) mass is 422 g/mol. The molecule has 2 N–H and O–H groups in total. The lowest BCUT2D eigenvalue weighted by atomic mass is 10.0. The van der Waals surface area contributed by atoms with E-state index in [1.165, 1.54) is 19.2 Å². The van der Waals surface area contributed by atoms with Gasteiger partial charge in [-0.05, 0) is 29.8 Å². The van der Waals surface area contributed by atoms with E-state index in [0.29, 0.717) is 12.1 Å². The minimum atomic E-state index is -0.762. The summed E-state index contributed by atoms with van der Waals surface area (Å²) in [6.45, 7) is 3.71. The number of para-hydroxylation sites is 2. The lowest BCUT2D eigenvalue weighted by Crippen LogP contribution is -2.47. The number of carbonyl (C=O) groups excluding carboxylic acids is 1. The van der Waals surface area contributed by atoms with Crippen LogP contribution in [0.25, 0.3) is 0 Å². The molecule has 0 aliphatic carbocycles. The molecule has 1 aliphatic heterocycles. The molecule has 3 rings (SSSR count). The average Bonchev–Trinajstić information content (AvgIpc) is 2.74. The lowest BCUT2D eigenvalue weighted by molar-refractivity contribution is 0.0596. The van der Waals surface area contributed by atoms with Gasteiger partial charge in [0.1, 0.15) is 17.1 Å². The first-order valence-corrected chi connectivity index (χ1v) is 9.23. The molecule has 7 nitrogen and oxygen atoms in total. The number of nitrogens with zero attached hydrogens (tertiary/aromatic N) is 2. The number of hydrogen-bond donors (Lipinski definition) is 2. The molecule has 1 aliphatic rings. The molecule has 0 bridgehead atoms. The maximum absolute atomic E-state index is 11.7. The van der Waals surface area contributed by atoms with Gasteiger partial charge in [-0.3, -0.25) is 4.90 Å². The number of ether oxygens (including phenoxy) is 2. The van der Waals surface area contributed by atoms with Crippen LogP contribution in [0.1, 0.15) is 22.0 Å². The number of piperazine rings is 1. The van der Waals surface area contributed by atoms with Gasteiger partial charge in [0, 0.05) is 32.7 Å². The zero-order chi connectivity index (χ0) is 20.1. The van der Waals surface area contributed by atoms with Gasteiger partial charge in [-0.1, -0.05) is 18.2 Å². The maximum Gasteiger partial charge on any atom is 0.341 e. The Bertz CT molecular complexity index is 824. The molecule has 158 valence electrons. The molecule has 8 heteroatoms. The third-order valence-corrected chi connectivity index (χ3v) is 5.04. The zero-order valence-corrected chi connectivity index (χ0v) is 17.4. The van der Waals surface area contributed by atoms with E-state index in [4.69, 9.17) is 4.74 Å². The van der Waals surface area contributed by atoms with Crippen LogP contribution in [0.15, 0.2) is 42.5 Å². The van der Waals surface area contributed by atoms with Gasteiger partial charge in [-0.25, -0.2) is 4.79 Å². The Hall–Kier alpha value is -2.48. The molecule has 0 saturated carbocycles. The van der Waals surface area contributed by atoms with Crippen molar-refractivity contribution in [3.8, 4) is 11.5 Å². The standard InChI is InChI=1S/C21H26N2O5.ClH/c1-27-20-6-4-3-5-17(20)23-11-9-22(10-12-23)14-19(25)15-7-8-18(24)16(13-15)21(26)28-2;/h3-8,13,19,24-25H,9-12,14H2,1-2H3;1H. The van der Waals surface area contributed by atoms with Crippen molar-refractivity contribution in [3.05, 3.63) is 53.6 Å². The van der Waals surface area contributed by atoms with Crippen molar-refractivity contribution in [1.29, 1.82) is 0 Å². The van der Waals surface area contributed by atoms with E-state index in [2.05, 4.69) is 14.5 Å². The second kappa shape index (κ2) is 10.3. The van der Waals surface area contributed by atoms with E-state index in [1.54, 1.807) is 13.2 Å². The number of carbonyl (C=O) groups is 1. The number of aliphatic hydroxyl groups is 1. The molecule has 1 heterocycles. The number of β-amino-alcohol motifs (C(OH)–C–C–N with tert-alkyl or cyclic N) is 1. The first kappa shape index (κ1) is 22.8. The highest BCUT2D eigenvalue weighted by atomic mass is 35.5. The minimum Gasteiger partial charge on any atom is -0.507 e. The van der Waals surface area contributed by atoms with Crippen molar-refractivity contribution in [3.63, 3.8) is 0 Å². The Morgan fingerprint density at radius 2 is 1.79 bits per heavy atom. The van der Waals surface area contributed by atoms with Gasteiger partial charge in [0.25, 0.3) is 0 Å². The number of rotatable bonds is 6. The second-order valence-electron chi connectivity index (χ2n) is 6.74. The Labute approximate surface area is 176 Å². The van der Waals surface area contributed by atoms with E-state index >= 15 is 0 Å². The molecule has 0 radical (unpaired) electrons. The summed E-state index contributed by atoms with van der Waals surface area (Å²) in [7, 11) is 2.93. The van der Waals surface area contributed by atoms with Gasteiger partial charge in [0.15, 0.2) is 0 Å². The summed E-state index contributed by atoms with van der Waals surface area (Å²) >= 11 is 0. The van der Waals surface area contributed by atoms with Crippen molar-refractivity contribution < 1.29 is 24.5 Å². The van der Waals surface area contributed by atoms with Crippen LogP contribution >= 0.6 is 12.4 Å². The summed E-state index contributed by atoms with van der Waals surface area (Å²) in [5.41, 5.74) is 1.71. The van der Waals surface area contributed by atoms with Gasteiger partial charge < -0.3 is 24.6 Å². The minimum absolute atomic E-state index is 0. The topological polar surface area (TPSA) is 82.5 Å². The Morgan fingerprint density at radius 3 is 2.45 bits per heavy atom. The SMILES string of the molecule is COC(=O)c1cc(C(O)CN2CCN(c3ccccc3OC)CC2)ccc1O.Cl. The van der Waals surface area contributed by atoms with Gasteiger partial charge in [-0.15, -0.1) is 12.4 Å². The predicted molar refractivity (Wildman–Crippen MR) is 113 cm³/mol. The number of halogens is 1. The van der Waals surface area contributed by atoms with Crippen LogP contribution in [0.3, 0.4) is 0 Å². The van der Waals surface area contributed by atoms with E-state index in [0.717, 1.165) is 37.6 Å². The first-order valence-electron chi connectivity index (χ1n) is 9.23. The number of benzene rings is 2. The van der Waals surface area contributed by atoms with Crippen molar-refractivity contribution in [1.82, 2.24) is 4.90 Å². The number of esters is 1. The smallest absolute Gasteiger partial charge is 0.341 e.